The van der Waals surface area contributed by atoms with E-state index in [2.05, 4.69) is 63.3 Å². The average Bonchev–Trinajstić information content (AvgIpc) is 3.32. The summed E-state index contributed by atoms with van der Waals surface area (Å²) in [5.41, 5.74) is 4.99. The number of benzene rings is 4. The van der Waals surface area contributed by atoms with E-state index >= 15 is 0 Å². The van der Waals surface area contributed by atoms with Crippen molar-refractivity contribution in [2.45, 2.75) is 0 Å². The minimum Gasteiger partial charge on any atom is -0.421 e. The molecule has 0 fully saturated rings. The molecule has 5 aromatic rings. The molecule has 0 atom stereocenters. The van der Waals surface area contributed by atoms with E-state index in [1.54, 1.807) is 48.5 Å². The highest BCUT2D eigenvalue weighted by atomic mass is 79.9. The van der Waals surface area contributed by atoms with E-state index in [0.29, 0.717) is 31.0 Å². The van der Waals surface area contributed by atoms with Gasteiger partial charge in [-0.2, -0.15) is 5.10 Å². The van der Waals surface area contributed by atoms with Crippen LogP contribution in [0.4, 0.5) is 4.39 Å². The molecule has 1 aromatic heterocycles. The maximum Gasteiger partial charge on any atom is 0.343 e. The Balaban J connectivity index is 1.44. The van der Waals surface area contributed by atoms with E-state index in [-0.39, 0.29) is 17.0 Å². The monoisotopic (exact) mass is 711 g/mol. The fourth-order valence-corrected chi connectivity index (χ4v) is 5.60. The summed E-state index contributed by atoms with van der Waals surface area (Å²) in [4.78, 5) is 28.9. The SMILES string of the molecule is O=C(Oc1c(Br)cc(Br)cc1C=NNC(=O)c1[nH]c2c(F)cccc2c1-c1ccccc1)c1ccc(Br)cc1. The van der Waals surface area contributed by atoms with E-state index in [1.165, 1.54) is 12.3 Å². The molecule has 39 heavy (non-hydrogen) atoms. The smallest absolute Gasteiger partial charge is 0.343 e. The maximum atomic E-state index is 14.6. The Morgan fingerprint density at radius 3 is 2.38 bits per heavy atom. The van der Waals surface area contributed by atoms with Gasteiger partial charge in [0.2, 0.25) is 0 Å². The number of rotatable bonds is 6. The van der Waals surface area contributed by atoms with Gasteiger partial charge in [0.25, 0.3) is 5.91 Å². The number of carbonyl (C=O) groups is 2. The summed E-state index contributed by atoms with van der Waals surface area (Å²) in [6.07, 6.45) is 1.36. The van der Waals surface area contributed by atoms with Crippen LogP contribution in [0.2, 0.25) is 0 Å². The predicted molar refractivity (Wildman–Crippen MR) is 160 cm³/mol. The van der Waals surface area contributed by atoms with Crippen LogP contribution in [0.25, 0.3) is 22.0 Å². The van der Waals surface area contributed by atoms with Gasteiger partial charge in [0.05, 0.1) is 21.8 Å². The first-order valence-electron chi connectivity index (χ1n) is 11.5. The molecule has 0 aliphatic carbocycles. The van der Waals surface area contributed by atoms with Crippen molar-refractivity contribution in [3.05, 3.63) is 121 Å². The lowest BCUT2D eigenvalue weighted by atomic mass is 10.0. The third kappa shape index (κ3) is 5.88. The van der Waals surface area contributed by atoms with Crippen molar-refractivity contribution in [1.29, 1.82) is 0 Å². The zero-order valence-electron chi connectivity index (χ0n) is 19.8. The van der Waals surface area contributed by atoms with Crippen LogP contribution in [0.1, 0.15) is 26.4 Å². The Hall–Kier alpha value is -3.60. The predicted octanol–water partition coefficient (Wildman–Crippen LogP) is 8.24. The van der Waals surface area contributed by atoms with E-state index in [4.69, 9.17) is 4.74 Å². The minimum absolute atomic E-state index is 0.163. The fourth-order valence-electron chi connectivity index (χ4n) is 3.99. The zero-order valence-corrected chi connectivity index (χ0v) is 24.6. The average molecular weight is 714 g/mol. The van der Waals surface area contributed by atoms with Crippen molar-refractivity contribution < 1.29 is 18.7 Å². The van der Waals surface area contributed by atoms with Crippen LogP contribution < -0.4 is 10.2 Å². The second-order valence-corrected chi connectivity index (χ2v) is 11.0. The standard InChI is InChI=1S/C29H17Br3FN3O3/c30-19-11-9-17(10-12-19)29(38)39-27-18(13-20(31)14-22(27)32)15-34-36-28(37)26-24(16-5-2-1-3-6-16)21-7-4-8-23(33)25(21)35-26/h1-15,35H,(H,36,37). The molecule has 10 heteroatoms. The number of hydrogen-bond acceptors (Lipinski definition) is 4. The number of fused-ring (bicyclic) bond motifs is 1. The Bertz CT molecular complexity index is 1740. The molecule has 0 unspecified atom stereocenters. The van der Waals surface area contributed by atoms with Crippen LogP contribution in [0.3, 0.4) is 0 Å². The molecule has 1 heterocycles. The van der Waals surface area contributed by atoms with Crippen LogP contribution in [-0.2, 0) is 0 Å². The lowest BCUT2D eigenvalue weighted by molar-refractivity contribution is 0.0732. The van der Waals surface area contributed by atoms with Gasteiger partial charge >= 0.3 is 5.97 Å². The summed E-state index contributed by atoms with van der Waals surface area (Å²) in [7, 11) is 0. The quantitative estimate of drug-likeness (QED) is 0.0805. The first kappa shape index (κ1) is 27.0. The summed E-state index contributed by atoms with van der Waals surface area (Å²) in [6.45, 7) is 0. The van der Waals surface area contributed by atoms with Gasteiger partial charge in [-0.25, -0.2) is 14.6 Å². The third-order valence-corrected chi connectivity index (χ3v) is 7.33. The van der Waals surface area contributed by atoms with Gasteiger partial charge in [0, 0.05) is 25.5 Å². The van der Waals surface area contributed by atoms with Crippen LogP contribution in [-0.4, -0.2) is 23.1 Å². The van der Waals surface area contributed by atoms with Gasteiger partial charge in [-0.15, -0.1) is 0 Å². The van der Waals surface area contributed by atoms with Gasteiger partial charge < -0.3 is 9.72 Å². The number of hydrogen-bond donors (Lipinski definition) is 2. The number of nitrogens with one attached hydrogen (secondary N) is 2. The van der Waals surface area contributed by atoms with Crippen LogP contribution in [0.15, 0.2) is 103 Å². The summed E-state index contributed by atoms with van der Waals surface area (Å²) >= 11 is 10.2. The normalized spacial score (nSPS) is 11.2. The van der Waals surface area contributed by atoms with E-state index < -0.39 is 17.7 Å². The van der Waals surface area contributed by atoms with Crippen molar-refractivity contribution in [2.75, 3.05) is 0 Å². The van der Waals surface area contributed by atoms with E-state index in [0.717, 1.165) is 10.0 Å². The molecule has 5 rings (SSSR count). The number of para-hydroxylation sites is 1. The summed E-state index contributed by atoms with van der Waals surface area (Å²) in [6, 6.07) is 24.1. The fraction of sp³-hybridized carbons (Fsp3) is 0. The molecule has 0 saturated carbocycles. The molecule has 0 saturated heterocycles. The largest absolute Gasteiger partial charge is 0.421 e. The van der Waals surface area contributed by atoms with Crippen molar-refractivity contribution in [2.24, 2.45) is 5.10 Å². The van der Waals surface area contributed by atoms with E-state index in [1.807, 2.05) is 30.3 Å². The Morgan fingerprint density at radius 2 is 1.64 bits per heavy atom. The molecule has 0 aliphatic heterocycles. The Labute approximate surface area is 247 Å². The zero-order chi connectivity index (χ0) is 27.5. The number of nitrogens with zero attached hydrogens (tertiary/aromatic N) is 1. The third-order valence-electron chi connectivity index (χ3n) is 5.75. The van der Waals surface area contributed by atoms with Gasteiger partial charge in [-0.3, -0.25) is 4.79 Å². The van der Waals surface area contributed by atoms with Crippen molar-refractivity contribution in [3.63, 3.8) is 0 Å². The van der Waals surface area contributed by atoms with Crippen LogP contribution in [0, 0.1) is 5.82 Å². The van der Waals surface area contributed by atoms with Crippen LogP contribution in [0.5, 0.6) is 5.75 Å². The molecule has 0 spiro atoms. The highest BCUT2D eigenvalue weighted by Crippen LogP contribution is 2.34. The molecular formula is C29H17Br3FN3O3. The van der Waals surface area contributed by atoms with Crippen molar-refractivity contribution in [1.82, 2.24) is 10.4 Å². The lowest BCUT2D eigenvalue weighted by Gasteiger charge is -2.11. The molecular weight excluding hydrogens is 697 g/mol. The summed E-state index contributed by atoms with van der Waals surface area (Å²) in [5.74, 6) is -1.37. The van der Waals surface area contributed by atoms with E-state index in [9.17, 15) is 14.0 Å². The number of H-pyrrole nitrogens is 1. The van der Waals surface area contributed by atoms with Crippen LogP contribution >= 0.6 is 47.8 Å². The van der Waals surface area contributed by atoms with Crippen molar-refractivity contribution in [3.8, 4) is 16.9 Å². The highest BCUT2D eigenvalue weighted by molar-refractivity contribution is 9.11. The molecule has 0 aliphatic rings. The molecule has 6 nitrogen and oxygen atoms in total. The lowest BCUT2D eigenvalue weighted by Crippen LogP contribution is -2.19. The summed E-state index contributed by atoms with van der Waals surface area (Å²) < 4.78 is 22.2. The Kier molecular flexibility index (Phi) is 8.06. The number of amides is 1. The molecule has 0 bridgehead atoms. The number of carbonyl (C=O) groups excluding carboxylic acids is 2. The number of ether oxygens (including phenoxy) is 1. The van der Waals surface area contributed by atoms with Gasteiger partial charge in [0.15, 0.2) is 5.75 Å². The van der Waals surface area contributed by atoms with Gasteiger partial charge in [-0.05, 0) is 64.0 Å². The number of hydrazone groups is 1. The van der Waals surface area contributed by atoms with Crippen molar-refractivity contribution >= 4 is 76.8 Å². The molecule has 0 radical (unpaired) electrons. The molecule has 4 aromatic carbocycles. The molecule has 2 N–H and O–H groups in total. The Morgan fingerprint density at radius 1 is 0.897 bits per heavy atom. The second-order valence-electron chi connectivity index (χ2n) is 8.30. The second kappa shape index (κ2) is 11.6. The van der Waals surface area contributed by atoms with Gasteiger partial charge in [0.1, 0.15) is 11.5 Å². The minimum atomic E-state index is -0.567. The molecule has 194 valence electrons. The molecule has 1 amide bonds. The number of aromatic nitrogens is 1. The first-order chi connectivity index (χ1) is 18.8. The highest BCUT2D eigenvalue weighted by Gasteiger charge is 2.21. The number of halogens is 4. The summed E-state index contributed by atoms with van der Waals surface area (Å²) in [5, 5.41) is 4.68. The number of esters is 1. The number of aromatic amines is 1. The first-order valence-corrected chi connectivity index (χ1v) is 13.9. The topological polar surface area (TPSA) is 83.5 Å². The maximum absolute atomic E-state index is 14.6. The van der Waals surface area contributed by atoms with Gasteiger partial charge in [-0.1, -0.05) is 74.3 Å².